The SMILES string of the molecule is CC(CO[C@@H]1CCO[C@H]([C@@H]2CC[C@H]2CN2CC3(CCCc4cc(Cl)ccc43)COc3ccc(C(=O)O)cc32)C1)Sc1ncccn1. The number of rotatable bonds is 9. The van der Waals surface area contributed by atoms with Gasteiger partial charge in [-0.05, 0) is 97.9 Å². The summed E-state index contributed by atoms with van der Waals surface area (Å²) in [6.07, 6.45) is 11.1. The van der Waals surface area contributed by atoms with E-state index in [9.17, 15) is 9.90 Å². The molecule has 2 fully saturated rings. The van der Waals surface area contributed by atoms with Gasteiger partial charge in [-0.3, -0.25) is 0 Å². The zero-order chi connectivity index (χ0) is 31.7. The lowest BCUT2D eigenvalue weighted by Gasteiger charge is -2.47. The van der Waals surface area contributed by atoms with Crippen LogP contribution in [0.1, 0.15) is 66.9 Å². The molecular weight excluding hydrogens is 622 g/mol. The number of fused-ring (bicyclic) bond motifs is 3. The summed E-state index contributed by atoms with van der Waals surface area (Å²) < 4.78 is 19.4. The number of carbonyl (C=O) groups is 1. The molecule has 6 atom stereocenters. The maximum absolute atomic E-state index is 12.0. The van der Waals surface area contributed by atoms with E-state index in [1.54, 1.807) is 36.3 Å². The number of hydrogen-bond acceptors (Lipinski definition) is 8. The molecule has 1 saturated heterocycles. The van der Waals surface area contributed by atoms with Crippen molar-refractivity contribution in [2.45, 2.75) is 79.9 Å². The quantitative estimate of drug-likeness (QED) is 0.191. The summed E-state index contributed by atoms with van der Waals surface area (Å²) in [5.74, 6) is 0.721. The number of hydrogen-bond donors (Lipinski definition) is 1. The molecule has 7 rings (SSSR count). The number of ether oxygens (including phenoxy) is 3. The second kappa shape index (κ2) is 13.7. The Hall–Kier alpha value is -2.85. The number of nitrogens with zero attached hydrogens (tertiary/aromatic N) is 3. The number of carboxylic acid groups (broad SMARTS) is 1. The molecule has 2 aromatic carbocycles. The fraction of sp³-hybridized carbons (Fsp3) is 0.528. The molecule has 2 unspecified atom stereocenters. The van der Waals surface area contributed by atoms with Crippen LogP contribution in [0.4, 0.5) is 5.69 Å². The molecule has 0 radical (unpaired) electrons. The van der Waals surface area contributed by atoms with Crippen LogP contribution >= 0.6 is 23.4 Å². The third-order valence-electron chi connectivity index (χ3n) is 10.4. The summed E-state index contributed by atoms with van der Waals surface area (Å²) >= 11 is 8.07. The van der Waals surface area contributed by atoms with E-state index >= 15 is 0 Å². The molecule has 0 bridgehead atoms. The summed E-state index contributed by atoms with van der Waals surface area (Å²) in [4.78, 5) is 23.1. The number of anilines is 1. The Morgan fingerprint density at radius 2 is 2.07 bits per heavy atom. The monoisotopic (exact) mass is 663 g/mol. The van der Waals surface area contributed by atoms with Crippen LogP contribution in [0, 0.1) is 11.8 Å². The molecule has 0 amide bonds. The highest BCUT2D eigenvalue weighted by atomic mass is 35.5. The van der Waals surface area contributed by atoms with Gasteiger partial charge in [0.05, 0.1) is 36.7 Å². The molecular formula is C36H42ClN3O5S. The molecule has 2 aliphatic carbocycles. The maximum atomic E-state index is 12.0. The van der Waals surface area contributed by atoms with Crippen molar-refractivity contribution in [1.29, 1.82) is 0 Å². The van der Waals surface area contributed by atoms with Gasteiger partial charge in [-0.15, -0.1) is 0 Å². The highest BCUT2D eigenvalue weighted by Gasteiger charge is 2.45. The van der Waals surface area contributed by atoms with Crippen molar-refractivity contribution in [3.05, 3.63) is 76.6 Å². The minimum Gasteiger partial charge on any atom is -0.490 e. The van der Waals surface area contributed by atoms with Crippen molar-refractivity contribution >= 4 is 35.0 Å². The van der Waals surface area contributed by atoms with Crippen molar-refractivity contribution in [1.82, 2.24) is 9.97 Å². The van der Waals surface area contributed by atoms with E-state index in [1.807, 2.05) is 18.2 Å². The van der Waals surface area contributed by atoms with Crippen molar-refractivity contribution in [3.8, 4) is 5.75 Å². The lowest BCUT2D eigenvalue weighted by atomic mass is 9.67. The topological polar surface area (TPSA) is 94.0 Å². The molecule has 1 aromatic heterocycles. The van der Waals surface area contributed by atoms with Gasteiger partial charge in [0.2, 0.25) is 0 Å². The molecule has 1 spiro atoms. The second-order valence-corrected chi connectivity index (χ2v) is 15.3. The fourth-order valence-corrected chi connectivity index (χ4v) is 8.86. The summed E-state index contributed by atoms with van der Waals surface area (Å²) in [7, 11) is 0. The van der Waals surface area contributed by atoms with E-state index in [2.05, 4.69) is 33.9 Å². The van der Waals surface area contributed by atoms with Crippen LogP contribution in [0.3, 0.4) is 0 Å². The lowest BCUT2D eigenvalue weighted by molar-refractivity contribution is -0.116. The molecule has 3 heterocycles. The first-order chi connectivity index (χ1) is 22.4. The summed E-state index contributed by atoms with van der Waals surface area (Å²) in [5.41, 5.74) is 3.58. The summed E-state index contributed by atoms with van der Waals surface area (Å²) in [5, 5.41) is 11.7. The summed E-state index contributed by atoms with van der Waals surface area (Å²) in [6, 6.07) is 13.4. The van der Waals surface area contributed by atoms with Gasteiger partial charge in [-0.1, -0.05) is 36.4 Å². The van der Waals surface area contributed by atoms with E-state index in [0.717, 1.165) is 79.7 Å². The van der Waals surface area contributed by atoms with Gasteiger partial charge >= 0.3 is 5.97 Å². The van der Waals surface area contributed by atoms with Crippen LogP contribution in [0.5, 0.6) is 5.75 Å². The Labute approximate surface area is 280 Å². The average Bonchev–Trinajstić information content (AvgIpc) is 3.19. The van der Waals surface area contributed by atoms with Crippen LogP contribution in [-0.2, 0) is 21.3 Å². The molecule has 10 heteroatoms. The van der Waals surface area contributed by atoms with Crippen LogP contribution in [0.25, 0.3) is 0 Å². The highest BCUT2D eigenvalue weighted by Crippen LogP contribution is 2.47. The molecule has 46 heavy (non-hydrogen) atoms. The van der Waals surface area contributed by atoms with Crippen LogP contribution in [0.2, 0.25) is 5.02 Å². The van der Waals surface area contributed by atoms with E-state index in [-0.39, 0.29) is 28.4 Å². The minimum atomic E-state index is -0.924. The van der Waals surface area contributed by atoms with E-state index in [1.165, 1.54) is 11.1 Å². The predicted molar refractivity (Wildman–Crippen MR) is 179 cm³/mol. The molecule has 3 aromatic rings. The molecule has 244 valence electrons. The van der Waals surface area contributed by atoms with Gasteiger partial charge in [0.1, 0.15) is 5.75 Å². The number of halogens is 1. The Morgan fingerprint density at radius 1 is 1.20 bits per heavy atom. The van der Waals surface area contributed by atoms with E-state index in [0.29, 0.717) is 31.7 Å². The Kier molecular flexibility index (Phi) is 9.46. The molecule has 8 nitrogen and oxygen atoms in total. The van der Waals surface area contributed by atoms with E-state index in [4.69, 9.17) is 25.8 Å². The predicted octanol–water partition coefficient (Wildman–Crippen LogP) is 7.07. The van der Waals surface area contributed by atoms with Gasteiger partial charge < -0.3 is 24.2 Å². The Morgan fingerprint density at radius 3 is 2.87 bits per heavy atom. The molecule has 4 aliphatic rings. The summed E-state index contributed by atoms with van der Waals surface area (Å²) in [6.45, 7) is 5.70. The van der Waals surface area contributed by atoms with Gasteiger partial charge in [0, 0.05) is 54.2 Å². The van der Waals surface area contributed by atoms with Crippen molar-refractivity contribution in [2.24, 2.45) is 11.8 Å². The number of thioether (sulfide) groups is 1. The van der Waals surface area contributed by atoms with Crippen LogP contribution in [0.15, 0.2) is 60.0 Å². The smallest absolute Gasteiger partial charge is 0.335 e. The van der Waals surface area contributed by atoms with Crippen LogP contribution in [-0.4, -0.2) is 71.4 Å². The van der Waals surface area contributed by atoms with E-state index < -0.39 is 5.97 Å². The van der Waals surface area contributed by atoms with Gasteiger partial charge in [-0.2, -0.15) is 0 Å². The minimum absolute atomic E-state index is 0.164. The maximum Gasteiger partial charge on any atom is 0.335 e. The zero-order valence-electron chi connectivity index (χ0n) is 26.3. The zero-order valence-corrected chi connectivity index (χ0v) is 27.8. The van der Waals surface area contributed by atoms with Crippen LogP contribution < -0.4 is 9.64 Å². The van der Waals surface area contributed by atoms with Crippen molar-refractivity contribution in [2.75, 3.05) is 37.8 Å². The number of aryl methyl sites for hydroxylation is 1. The Balaban J connectivity index is 1.06. The highest BCUT2D eigenvalue weighted by molar-refractivity contribution is 7.99. The first-order valence-corrected chi connectivity index (χ1v) is 17.8. The molecule has 1 saturated carbocycles. The molecule has 1 N–H and O–H groups in total. The van der Waals surface area contributed by atoms with Crippen molar-refractivity contribution < 1.29 is 24.1 Å². The number of aromatic carboxylic acids is 1. The lowest BCUT2D eigenvalue weighted by Crippen LogP contribution is -2.50. The standard InChI is InChI=1S/C36H42ClN3O5S/c1-23(46-35-38-13-3-14-39-35)20-44-28-11-15-43-33(18-28)29-8-5-26(29)19-40-21-36(12-2-4-24-16-27(37)7-9-30(24)36)22-45-32-10-6-25(34(41)42)17-31(32)40/h3,6-7,9-10,13-14,16-17,23,26,28-29,33H,2,4-5,8,11-12,15,18-22H2,1H3,(H,41,42)/t23?,26-,28+,29+,33-,36?/m0/s1. The normalized spacial score (nSPS) is 27.9. The molecule has 2 aliphatic heterocycles. The number of carboxylic acids is 1. The average molecular weight is 664 g/mol. The van der Waals surface area contributed by atoms with Crippen molar-refractivity contribution in [3.63, 3.8) is 0 Å². The van der Waals surface area contributed by atoms with Gasteiger partial charge in [0.15, 0.2) is 5.16 Å². The van der Waals surface area contributed by atoms with Gasteiger partial charge in [-0.25, -0.2) is 14.8 Å². The third-order valence-corrected chi connectivity index (χ3v) is 11.6. The number of aromatic nitrogens is 2. The largest absolute Gasteiger partial charge is 0.490 e. The third kappa shape index (κ3) is 6.75. The first kappa shape index (κ1) is 31.7. The second-order valence-electron chi connectivity index (χ2n) is 13.4. The fourth-order valence-electron chi connectivity index (χ4n) is 7.92. The van der Waals surface area contributed by atoms with Gasteiger partial charge in [0.25, 0.3) is 0 Å². The number of benzene rings is 2. The first-order valence-electron chi connectivity index (χ1n) is 16.6. The Bertz CT molecular complexity index is 1550.